The van der Waals surface area contributed by atoms with Crippen LogP contribution in [-0.2, 0) is 0 Å². The number of hydrogen-bond acceptors (Lipinski definition) is 1. The van der Waals surface area contributed by atoms with E-state index in [0.29, 0.717) is 0 Å². The molecule has 0 rings (SSSR count). The molecule has 0 radical (unpaired) electrons. The molecule has 1 N–H and O–H groups in total. The van der Waals surface area contributed by atoms with Crippen molar-refractivity contribution in [3.8, 4) is 0 Å². The van der Waals surface area contributed by atoms with Crippen molar-refractivity contribution < 1.29 is 0 Å². The number of nitrogens with one attached hydrogen (secondary N) is 1. The second kappa shape index (κ2) is 30.0. The molecule has 0 aromatic carbocycles. The molecular formula is C9H19ClMgN+. The minimum absolute atomic E-state index is 0. The fourth-order valence-electron chi connectivity index (χ4n) is 0.287. The predicted octanol–water partition coefficient (Wildman–Crippen LogP) is 2.22. The van der Waals surface area contributed by atoms with Crippen LogP contribution in [0.1, 0.15) is 13.3 Å². The Hall–Kier alpha value is 0.496. The molecule has 3 heteroatoms. The molecule has 0 saturated heterocycles. The SMILES string of the molecule is C=CCNCC=C.Cl.[CH2-]CC.[Mg+2]. The Labute approximate surface area is 99.3 Å². The van der Waals surface area contributed by atoms with Gasteiger partial charge in [0.1, 0.15) is 0 Å². The summed E-state index contributed by atoms with van der Waals surface area (Å²) in [4.78, 5) is 0. The topological polar surface area (TPSA) is 12.0 Å². The maximum absolute atomic E-state index is 3.54. The van der Waals surface area contributed by atoms with E-state index in [9.17, 15) is 0 Å². The van der Waals surface area contributed by atoms with E-state index in [2.05, 4.69) is 25.4 Å². The maximum Gasteiger partial charge on any atom is 2.00 e. The average Bonchev–Trinajstić information content (AvgIpc) is 1.91. The van der Waals surface area contributed by atoms with Gasteiger partial charge in [0, 0.05) is 13.1 Å². The van der Waals surface area contributed by atoms with Crippen LogP contribution in [0.15, 0.2) is 25.3 Å². The molecule has 0 aliphatic heterocycles. The molecule has 0 heterocycles. The first-order valence-electron chi connectivity index (χ1n) is 3.55. The van der Waals surface area contributed by atoms with Crippen LogP contribution in [0.5, 0.6) is 0 Å². The molecule has 0 unspecified atom stereocenters. The van der Waals surface area contributed by atoms with Crippen molar-refractivity contribution in [1.82, 2.24) is 5.32 Å². The van der Waals surface area contributed by atoms with Crippen LogP contribution in [-0.4, -0.2) is 36.1 Å². The smallest absolute Gasteiger partial charge is 0.344 e. The first-order valence-corrected chi connectivity index (χ1v) is 3.55. The van der Waals surface area contributed by atoms with Crippen molar-refractivity contribution in [2.24, 2.45) is 0 Å². The maximum atomic E-state index is 3.54. The first-order chi connectivity index (χ1) is 4.83. The second-order valence-corrected chi connectivity index (χ2v) is 1.74. The van der Waals surface area contributed by atoms with Crippen molar-refractivity contribution in [2.45, 2.75) is 13.3 Å². The van der Waals surface area contributed by atoms with Gasteiger partial charge in [0.05, 0.1) is 0 Å². The van der Waals surface area contributed by atoms with Crippen molar-refractivity contribution in [3.63, 3.8) is 0 Å². The van der Waals surface area contributed by atoms with Gasteiger partial charge in [0.25, 0.3) is 0 Å². The molecule has 0 aromatic rings. The fraction of sp³-hybridized carbons (Fsp3) is 0.444. The van der Waals surface area contributed by atoms with E-state index in [1.165, 1.54) is 0 Å². The molecule has 0 bridgehead atoms. The monoisotopic (exact) mass is 200 g/mol. The van der Waals surface area contributed by atoms with Gasteiger partial charge in [-0.15, -0.1) is 25.6 Å². The number of hydrogen-bond donors (Lipinski definition) is 1. The predicted molar refractivity (Wildman–Crippen MR) is 61.9 cm³/mol. The summed E-state index contributed by atoms with van der Waals surface area (Å²) in [5.74, 6) is 0. The quantitative estimate of drug-likeness (QED) is 0.318. The van der Waals surface area contributed by atoms with Gasteiger partial charge >= 0.3 is 23.1 Å². The minimum Gasteiger partial charge on any atom is -0.344 e. The van der Waals surface area contributed by atoms with Gasteiger partial charge in [-0.25, -0.2) is 0 Å². The van der Waals surface area contributed by atoms with Crippen molar-refractivity contribution in [2.75, 3.05) is 13.1 Å². The third-order valence-electron chi connectivity index (χ3n) is 0.577. The Morgan fingerprint density at radius 3 is 1.67 bits per heavy atom. The average molecular weight is 201 g/mol. The summed E-state index contributed by atoms with van der Waals surface area (Å²) in [6.45, 7) is 14.3. The number of halogens is 1. The second-order valence-electron chi connectivity index (χ2n) is 1.74. The summed E-state index contributed by atoms with van der Waals surface area (Å²) >= 11 is 0. The zero-order valence-electron chi connectivity index (χ0n) is 8.01. The summed E-state index contributed by atoms with van der Waals surface area (Å²) in [6.07, 6.45) is 4.65. The molecule has 0 atom stereocenters. The van der Waals surface area contributed by atoms with Gasteiger partial charge in [-0.3, -0.25) is 0 Å². The van der Waals surface area contributed by atoms with Gasteiger partial charge in [0.2, 0.25) is 0 Å². The molecular weight excluding hydrogens is 182 g/mol. The third kappa shape index (κ3) is 46.8. The van der Waals surface area contributed by atoms with E-state index in [4.69, 9.17) is 0 Å². The molecule has 12 heavy (non-hydrogen) atoms. The standard InChI is InChI=1S/C6H11N.C3H7.ClH.Mg/c1-3-5-7-6-4-2;1-3-2;;/h3-4,7H,1-2,5-6H2;1,3H2,2H3;1H;/q;-1;;+2. The Morgan fingerprint density at radius 1 is 1.25 bits per heavy atom. The Bertz CT molecular complexity index is 68.9. The van der Waals surface area contributed by atoms with E-state index in [-0.39, 0.29) is 35.5 Å². The van der Waals surface area contributed by atoms with Crippen LogP contribution in [0.3, 0.4) is 0 Å². The fourth-order valence-corrected chi connectivity index (χ4v) is 0.287. The van der Waals surface area contributed by atoms with Crippen molar-refractivity contribution in [3.05, 3.63) is 32.2 Å². The molecule has 0 spiro atoms. The molecule has 0 amide bonds. The van der Waals surface area contributed by atoms with Crippen LogP contribution >= 0.6 is 12.4 Å². The van der Waals surface area contributed by atoms with Gasteiger partial charge in [-0.1, -0.05) is 19.1 Å². The van der Waals surface area contributed by atoms with Gasteiger partial charge in [-0.2, -0.15) is 6.42 Å². The van der Waals surface area contributed by atoms with Crippen LogP contribution < -0.4 is 5.32 Å². The van der Waals surface area contributed by atoms with E-state index in [1.54, 1.807) is 0 Å². The summed E-state index contributed by atoms with van der Waals surface area (Å²) in [6, 6.07) is 0. The van der Waals surface area contributed by atoms with E-state index < -0.39 is 0 Å². The third-order valence-corrected chi connectivity index (χ3v) is 0.577. The van der Waals surface area contributed by atoms with E-state index >= 15 is 0 Å². The van der Waals surface area contributed by atoms with Crippen molar-refractivity contribution in [1.29, 1.82) is 0 Å². The largest absolute Gasteiger partial charge is 2.00 e. The Balaban J connectivity index is -0.0000000569. The van der Waals surface area contributed by atoms with Crippen LogP contribution in [0, 0.1) is 6.92 Å². The van der Waals surface area contributed by atoms with Gasteiger partial charge in [-0.05, 0) is 0 Å². The zero-order chi connectivity index (χ0) is 8.24. The Morgan fingerprint density at radius 2 is 1.50 bits per heavy atom. The van der Waals surface area contributed by atoms with Gasteiger partial charge in [0.15, 0.2) is 0 Å². The van der Waals surface area contributed by atoms with Crippen LogP contribution in [0.25, 0.3) is 0 Å². The molecule has 0 aromatic heterocycles. The normalized spacial score (nSPS) is 6.17. The van der Waals surface area contributed by atoms with E-state index in [0.717, 1.165) is 19.5 Å². The first kappa shape index (κ1) is 22.9. The molecule has 0 fully saturated rings. The van der Waals surface area contributed by atoms with Gasteiger partial charge < -0.3 is 12.2 Å². The van der Waals surface area contributed by atoms with Crippen LogP contribution in [0.4, 0.5) is 0 Å². The molecule has 1 nitrogen and oxygen atoms in total. The molecule has 0 aliphatic carbocycles. The zero-order valence-corrected chi connectivity index (χ0v) is 10.2. The minimum atomic E-state index is 0. The molecule has 0 aliphatic rings. The van der Waals surface area contributed by atoms with Crippen molar-refractivity contribution >= 4 is 35.5 Å². The summed E-state index contributed by atoms with van der Waals surface area (Å²) in [7, 11) is 0. The molecule has 0 saturated carbocycles. The number of rotatable bonds is 4. The van der Waals surface area contributed by atoms with E-state index in [1.807, 2.05) is 19.1 Å². The summed E-state index contributed by atoms with van der Waals surface area (Å²) in [5.41, 5.74) is 0. The Kier molecular flexibility index (Phi) is 57.2. The van der Waals surface area contributed by atoms with Crippen LogP contribution in [0.2, 0.25) is 0 Å². The summed E-state index contributed by atoms with van der Waals surface area (Å²) < 4.78 is 0. The molecule has 68 valence electrons. The summed E-state index contributed by atoms with van der Waals surface area (Å²) in [5, 5.41) is 3.05.